The maximum Gasteiger partial charge on any atom is 0.416 e. The van der Waals surface area contributed by atoms with Crippen molar-refractivity contribution in [1.82, 2.24) is 15.3 Å². The number of rotatable bonds is 4. The molecule has 2 bridgehead atoms. The molecule has 0 saturated heterocycles. The van der Waals surface area contributed by atoms with Crippen molar-refractivity contribution in [2.75, 3.05) is 29.6 Å². The highest BCUT2D eigenvalue weighted by molar-refractivity contribution is 6.17. The van der Waals surface area contributed by atoms with Crippen LogP contribution < -0.4 is 21.7 Å². The number of aromatic nitrogens is 2. The first-order chi connectivity index (χ1) is 21.1. The van der Waals surface area contributed by atoms with E-state index in [0.717, 1.165) is 43.2 Å². The van der Waals surface area contributed by atoms with Gasteiger partial charge >= 0.3 is 6.18 Å². The van der Waals surface area contributed by atoms with E-state index in [0.29, 0.717) is 36.3 Å². The first-order valence-electron chi connectivity index (χ1n) is 14.2. The summed E-state index contributed by atoms with van der Waals surface area (Å²) in [4.78, 5) is 33.2. The number of hydrogen-bond acceptors (Lipinski definition) is 8. The third kappa shape index (κ3) is 7.40. The molecule has 1 saturated carbocycles. The molecule has 1 aliphatic heterocycles. The molecule has 2 atom stereocenters. The molecule has 2 aliphatic rings. The van der Waals surface area contributed by atoms with Crippen molar-refractivity contribution < 1.29 is 27.5 Å². The fourth-order valence-electron chi connectivity index (χ4n) is 5.32. The number of ether oxygens (including phenoxy) is 1. The highest BCUT2D eigenvalue weighted by atomic mass is 19.4. The number of anilines is 3. The predicted molar refractivity (Wildman–Crippen MR) is 160 cm³/mol. The fourth-order valence-corrected chi connectivity index (χ4v) is 5.32. The highest BCUT2D eigenvalue weighted by Crippen LogP contribution is 2.33. The van der Waals surface area contributed by atoms with E-state index in [1.807, 2.05) is 12.2 Å². The van der Waals surface area contributed by atoms with Crippen molar-refractivity contribution in [3.05, 3.63) is 82.7 Å². The van der Waals surface area contributed by atoms with Crippen LogP contribution in [0.25, 0.3) is 6.08 Å². The minimum absolute atomic E-state index is 0.0163. The van der Waals surface area contributed by atoms with Gasteiger partial charge in [0.1, 0.15) is 11.6 Å². The Morgan fingerprint density at radius 1 is 1.07 bits per heavy atom. The SMILES string of the molecule is N=C(c1ccc(C(=O)Nc2cc(C(F)(F)F)ccn2)cc1)c1c(N)ncc2c1N[C@@H]1CCC[C@H](C1)NC(=O)CCOCC=C2. The zero-order chi connectivity index (χ0) is 31.3. The van der Waals surface area contributed by atoms with Gasteiger partial charge in [0.2, 0.25) is 5.91 Å². The summed E-state index contributed by atoms with van der Waals surface area (Å²) >= 11 is 0. The van der Waals surface area contributed by atoms with Crippen molar-refractivity contribution in [3.8, 4) is 0 Å². The lowest BCUT2D eigenvalue weighted by atomic mass is 9.89. The average Bonchev–Trinajstić information content (AvgIpc) is 2.99. The van der Waals surface area contributed by atoms with Gasteiger partial charge < -0.3 is 26.4 Å². The minimum atomic E-state index is -4.57. The number of halogens is 3. The average molecular weight is 608 g/mol. The Morgan fingerprint density at radius 3 is 2.55 bits per heavy atom. The van der Waals surface area contributed by atoms with Crippen molar-refractivity contribution >= 4 is 40.9 Å². The van der Waals surface area contributed by atoms with Crippen LogP contribution in [0.4, 0.5) is 30.5 Å². The van der Waals surface area contributed by atoms with E-state index < -0.39 is 17.6 Å². The van der Waals surface area contributed by atoms with Crippen LogP contribution in [0.1, 0.15) is 64.7 Å². The molecule has 13 heteroatoms. The van der Waals surface area contributed by atoms with Crippen molar-refractivity contribution in [3.63, 3.8) is 0 Å². The second-order valence-corrected chi connectivity index (χ2v) is 10.7. The molecule has 2 amide bonds. The molecule has 0 radical (unpaired) electrons. The van der Waals surface area contributed by atoms with Gasteiger partial charge in [-0.15, -0.1) is 0 Å². The van der Waals surface area contributed by atoms with E-state index in [-0.39, 0.29) is 47.5 Å². The zero-order valence-corrected chi connectivity index (χ0v) is 23.7. The van der Waals surface area contributed by atoms with Gasteiger partial charge in [0, 0.05) is 47.6 Å². The molecule has 10 nitrogen and oxygen atoms in total. The molecule has 1 fully saturated rings. The number of carbonyl (C=O) groups is 2. The molecule has 3 heterocycles. The molecule has 1 aromatic carbocycles. The van der Waals surface area contributed by atoms with Crippen LogP contribution in [0, 0.1) is 5.41 Å². The topological polar surface area (TPSA) is 155 Å². The number of carbonyl (C=O) groups excluding carboxylic acids is 2. The predicted octanol–water partition coefficient (Wildman–Crippen LogP) is 5.02. The van der Waals surface area contributed by atoms with Crippen LogP contribution in [0.3, 0.4) is 0 Å². The van der Waals surface area contributed by atoms with Crippen LogP contribution in [-0.2, 0) is 15.7 Å². The van der Waals surface area contributed by atoms with Gasteiger partial charge in [-0.05, 0) is 49.9 Å². The number of hydrogen-bond donors (Lipinski definition) is 5. The Morgan fingerprint density at radius 2 is 1.80 bits per heavy atom. The third-order valence-electron chi connectivity index (χ3n) is 7.52. The second-order valence-electron chi connectivity index (χ2n) is 10.7. The second kappa shape index (κ2) is 13.2. The fraction of sp³-hybridized carbons (Fsp3) is 0.323. The van der Waals surface area contributed by atoms with Gasteiger partial charge in [-0.2, -0.15) is 13.2 Å². The Labute approximate surface area is 251 Å². The molecule has 230 valence electrons. The highest BCUT2D eigenvalue weighted by Gasteiger charge is 2.31. The number of nitrogens with two attached hydrogens (primary N) is 1. The van der Waals surface area contributed by atoms with Crippen molar-refractivity contribution in [2.45, 2.75) is 50.4 Å². The number of alkyl halides is 3. The number of nitrogen functional groups attached to an aromatic ring is 1. The summed E-state index contributed by atoms with van der Waals surface area (Å²) in [5.41, 5.74) is 7.83. The summed E-state index contributed by atoms with van der Waals surface area (Å²) in [6.45, 7) is 0.591. The molecule has 0 spiro atoms. The number of nitrogens with zero attached hydrogens (tertiary/aromatic N) is 2. The maximum absolute atomic E-state index is 13.0. The monoisotopic (exact) mass is 607 g/mol. The lowest BCUT2D eigenvalue weighted by Gasteiger charge is -2.32. The van der Waals surface area contributed by atoms with E-state index in [2.05, 4.69) is 25.9 Å². The largest absolute Gasteiger partial charge is 0.416 e. The quantitative estimate of drug-likeness (QED) is 0.261. The van der Waals surface area contributed by atoms with Crippen LogP contribution in [0.15, 0.2) is 54.9 Å². The maximum atomic E-state index is 13.0. The zero-order valence-electron chi connectivity index (χ0n) is 23.7. The minimum Gasteiger partial charge on any atom is -0.383 e. The van der Waals surface area contributed by atoms with E-state index >= 15 is 0 Å². The summed E-state index contributed by atoms with van der Waals surface area (Å²) in [6.07, 6.45) is 5.35. The van der Waals surface area contributed by atoms with Gasteiger partial charge in [-0.25, -0.2) is 9.97 Å². The molecule has 44 heavy (non-hydrogen) atoms. The number of pyridine rings is 2. The smallest absolute Gasteiger partial charge is 0.383 e. The number of nitrogens with one attached hydrogen (secondary N) is 4. The Kier molecular flexibility index (Phi) is 9.23. The molecular formula is C31H32F3N7O3. The summed E-state index contributed by atoms with van der Waals surface area (Å²) in [5, 5.41) is 18.1. The molecule has 6 N–H and O–H groups in total. The van der Waals surface area contributed by atoms with Crippen molar-refractivity contribution in [1.29, 1.82) is 5.41 Å². The van der Waals surface area contributed by atoms with Gasteiger partial charge in [0.15, 0.2) is 0 Å². The first-order valence-corrected chi connectivity index (χ1v) is 14.2. The number of amides is 2. The van der Waals surface area contributed by atoms with E-state index in [4.69, 9.17) is 15.9 Å². The van der Waals surface area contributed by atoms with E-state index in [1.165, 1.54) is 12.1 Å². The Balaban J connectivity index is 1.40. The van der Waals surface area contributed by atoms with Gasteiger partial charge in [-0.1, -0.05) is 24.3 Å². The number of fused-ring (bicyclic) bond motifs is 3. The Bertz CT molecular complexity index is 1570. The van der Waals surface area contributed by atoms with Crippen molar-refractivity contribution in [2.24, 2.45) is 0 Å². The molecule has 0 unspecified atom stereocenters. The van der Waals surface area contributed by atoms with Gasteiger partial charge in [0.25, 0.3) is 5.91 Å². The summed E-state index contributed by atoms with van der Waals surface area (Å²) < 4.78 is 44.7. The lowest BCUT2D eigenvalue weighted by Crippen LogP contribution is -2.42. The van der Waals surface area contributed by atoms with Crippen LogP contribution >= 0.6 is 0 Å². The third-order valence-corrected chi connectivity index (χ3v) is 7.52. The summed E-state index contributed by atoms with van der Waals surface area (Å²) in [7, 11) is 0. The molecule has 1 aliphatic carbocycles. The lowest BCUT2D eigenvalue weighted by molar-refractivity contribution is -0.137. The molecule has 3 aromatic rings. The van der Waals surface area contributed by atoms with E-state index in [9.17, 15) is 22.8 Å². The van der Waals surface area contributed by atoms with E-state index in [1.54, 1.807) is 18.3 Å². The molecular weight excluding hydrogens is 575 g/mol. The van der Waals surface area contributed by atoms with Crippen LogP contribution in [-0.4, -0.2) is 52.8 Å². The normalized spacial score (nSPS) is 19.1. The van der Waals surface area contributed by atoms with Crippen LogP contribution in [0.2, 0.25) is 0 Å². The molecule has 2 aromatic heterocycles. The number of benzene rings is 1. The standard InChI is InChI=1S/C31H32F3N7O3/c32-31(33,34)21-10-12-37-24(15-21)41-30(43)19-8-6-18(7-9-19)27(35)26-28-20(17-38-29(26)36)3-2-13-44-14-11-25(42)39-22-4-1-5-23(16-22)40-28/h2-3,6-10,12,15,17,22-23,35,40H,1,4-5,11,13-14,16H2,(H2,36,38)(H,39,42)(H,37,41,43)/t22-,23-/m1/s1. The first kappa shape index (κ1) is 30.7. The summed E-state index contributed by atoms with van der Waals surface area (Å²) in [5.74, 6) is -0.789. The molecule has 5 rings (SSSR count). The Hall–Kier alpha value is -4.78. The van der Waals surface area contributed by atoms with Crippen LogP contribution in [0.5, 0.6) is 0 Å². The van der Waals surface area contributed by atoms with Gasteiger partial charge in [-0.3, -0.25) is 15.0 Å². The van der Waals surface area contributed by atoms with Gasteiger partial charge in [0.05, 0.1) is 35.7 Å². The summed E-state index contributed by atoms with van der Waals surface area (Å²) in [6, 6.07) is 7.68.